The summed E-state index contributed by atoms with van der Waals surface area (Å²) in [4.78, 5) is 0. The second-order valence-corrected chi connectivity index (χ2v) is 5.24. The standard InChI is InChI=1S/C10H11NO2S/c12-14(13)7-6-11-10(14)8-9-4-2-1-3-5-9/h1-5,8,11H,6-7H2/b10-8+. The van der Waals surface area contributed by atoms with Gasteiger partial charge in [-0.15, -0.1) is 0 Å². The molecule has 0 unspecified atom stereocenters. The van der Waals surface area contributed by atoms with Crippen molar-refractivity contribution in [1.29, 1.82) is 0 Å². The number of sulfone groups is 1. The van der Waals surface area contributed by atoms with Crippen LogP contribution in [0.1, 0.15) is 5.56 Å². The average Bonchev–Trinajstić information content (AvgIpc) is 2.48. The highest BCUT2D eigenvalue weighted by molar-refractivity contribution is 7.95. The van der Waals surface area contributed by atoms with Crippen molar-refractivity contribution in [3.8, 4) is 0 Å². The number of rotatable bonds is 1. The highest BCUT2D eigenvalue weighted by Gasteiger charge is 2.23. The van der Waals surface area contributed by atoms with Crippen molar-refractivity contribution >= 4 is 15.9 Å². The molecule has 0 aromatic heterocycles. The molecule has 1 saturated heterocycles. The van der Waals surface area contributed by atoms with Crippen LogP contribution in [0.2, 0.25) is 0 Å². The molecule has 0 radical (unpaired) electrons. The fraction of sp³-hybridized carbons (Fsp3) is 0.200. The monoisotopic (exact) mass is 209 g/mol. The Hall–Kier alpha value is -1.29. The van der Waals surface area contributed by atoms with Crippen LogP contribution in [0.3, 0.4) is 0 Å². The van der Waals surface area contributed by atoms with Crippen LogP contribution in [0, 0.1) is 0 Å². The van der Waals surface area contributed by atoms with E-state index in [0.29, 0.717) is 11.6 Å². The molecule has 14 heavy (non-hydrogen) atoms. The molecule has 2 rings (SSSR count). The quantitative estimate of drug-likeness (QED) is 0.750. The summed E-state index contributed by atoms with van der Waals surface area (Å²) in [7, 11) is -3.04. The molecular formula is C10H11NO2S. The number of nitrogens with one attached hydrogen (secondary N) is 1. The third kappa shape index (κ3) is 1.80. The first-order valence-corrected chi connectivity index (χ1v) is 6.07. The lowest BCUT2D eigenvalue weighted by atomic mass is 10.2. The molecule has 0 bridgehead atoms. The van der Waals surface area contributed by atoms with Crippen LogP contribution < -0.4 is 5.32 Å². The zero-order valence-corrected chi connectivity index (χ0v) is 8.42. The third-order valence-corrected chi connectivity index (χ3v) is 3.78. The first-order chi connectivity index (χ1) is 6.68. The summed E-state index contributed by atoms with van der Waals surface area (Å²) >= 11 is 0. The lowest BCUT2D eigenvalue weighted by molar-refractivity contribution is 0.606. The molecule has 74 valence electrons. The fourth-order valence-electron chi connectivity index (χ4n) is 1.37. The fourth-order valence-corrected chi connectivity index (χ4v) is 2.60. The summed E-state index contributed by atoms with van der Waals surface area (Å²) < 4.78 is 22.9. The number of hydrogen-bond donors (Lipinski definition) is 1. The predicted octanol–water partition coefficient (Wildman–Crippen LogP) is 1.00. The van der Waals surface area contributed by atoms with E-state index < -0.39 is 9.84 Å². The smallest absolute Gasteiger partial charge is 0.194 e. The molecule has 0 spiro atoms. The van der Waals surface area contributed by atoms with Gasteiger partial charge in [-0.2, -0.15) is 0 Å². The van der Waals surface area contributed by atoms with Crippen LogP contribution in [-0.2, 0) is 9.84 Å². The number of hydrogen-bond acceptors (Lipinski definition) is 3. The molecule has 1 aliphatic heterocycles. The summed E-state index contributed by atoms with van der Waals surface area (Å²) in [5.41, 5.74) is 0.903. The zero-order chi connectivity index (χ0) is 10.0. The summed E-state index contributed by atoms with van der Waals surface area (Å²) in [6, 6.07) is 9.42. The van der Waals surface area contributed by atoms with Gasteiger partial charge in [0.2, 0.25) is 0 Å². The topological polar surface area (TPSA) is 46.2 Å². The van der Waals surface area contributed by atoms with Gasteiger partial charge in [0.25, 0.3) is 0 Å². The van der Waals surface area contributed by atoms with E-state index >= 15 is 0 Å². The van der Waals surface area contributed by atoms with E-state index in [1.807, 2.05) is 30.3 Å². The Morgan fingerprint density at radius 3 is 2.50 bits per heavy atom. The van der Waals surface area contributed by atoms with Crippen molar-refractivity contribution in [2.45, 2.75) is 0 Å². The van der Waals surface area contributed by atoms with E-state index in [0.717, 1.165) is 5.56 Å². The minimum Gasteiger partial charge on any atom is -0.375 e. The maximum Gasteiger partial charge on any atom is 0.194 e. The van der Waals surface area contributed by atoms with Crippen molar-refractivity contribution in [2.24, 2.45) is 0 Å². The molecule has 4 heteroatoms. The van der Waals surface area contributed by atoms with Crippen molar-refractivity contribution in [1.82, 2.24) is 5.32 Å². The number of benzene rings is 1. The van der Waals surface area contributed by atoms with E-state index in [1.54, 1.807) is 6.08 Å². The van der Waals surface area contributed by atoms with E-state index in [1.165, 1.54) is 0 Å². The van der Waals surface area contributed by atoms with Gasteiger partial charge in [-0.25, -0.2) is 8.42 Å². The lowest BCUT2D eigenvalue weighted by Crippen LogP contribution is -2.06. The van der Waals surface area contributed by atoms with Gasteiger partial charge in [-0.1, -0.05) is 30.3 Å². The maximum absolute atomic E-state index is 11.4. The van der Waals surface area contributed by atoms with Crippen LogP contribution in [0.5, 0.6) is 0 Å². The van der Waals surface area contributed by atoms with Gasteiger partial charge in [-0.05, 0) is 11.6 Å². The molecule has 1 N–H and O–H groups in total. The van der Waals surface area contributed by atoms with Gasteiger partial charge in [-0.3, -0.25) is 0 Å². The SMILES string of the molecule is O=S1(=O)CCN/C1=C\c1ccccc1. The maximum atomic E-state index is 11.4. The van der Waals surface area contributed by atoms with Crippen LogP contribution >= 0.6 is 0 Å². The summed E-state index contributed by atoms with van der Waals surface area (Å²) in [5.74, 6) is 0.200. The summed E-state index contributed by atoms with van der Waals surface area (Å²) in [6.07, 6.45) is 1.67. The molecule has 3 nitrogen and oxygen atoms in total. The normalized spacial score (nSPS) is 22.1. The Morgan fingerprint density at radius 2 is 1.93 bits per heavy atom. The lowest BCUT2D eigenvalue weighted by Gasteiger charge is -1.98. The van der Waals surface area contributed by atoms with Gasteiger partial charge < -0.3 is 5.32 Å². The Morgan fingerprint density at radius 1 is 1.21 bits per heavy atom. The Kier molecular flexibility index (Phi) is 2.29. The highest BCUT2D eigenvalue weighted by Crippen LogP contribution is 2.14. The summed E-state index contributed by atoms with van der Waals surface area (Å²) in [5, 5.41) is 3.21. The minimum absolute atomic E-state index is 0.200. The van der Waals surface area contributed by atoms with Crippen LogP contribution in [-0.4, -0.2) is 20.7 Å². The van der Waals surface area contributed by atoms with Crippen molar-refractivity contribution in [3.63, 3.8) is 0 Å². The van der Waals surface area contributed by atoms with E-state index in [4.69, 9.17) is 0 Å². The molecule has 1 aliphatic rings. The average molecular weight is 209 g/mol. The molecule has 0 aliphatic carbocycles. The van der Waals surface area contributed by atoms with E-state index in [2.05, 4.69) is 5.32 Å². The van der Waals surface area contributed by atoms with E-state index in [9.17, 15) is 8.42 Å². The van der Waals surface area contributed by atoms with Gasteiger partial charge in [0, 0.05) is 6.54 Å². The molecule has 1 heterocycles. The molecule has 0 amide bonds. The molecular weight excluding hydrogens is 198 g/mol. The Balaban J connectivity index is 2.37. The molecule has 0 atom stereocenters. The van der Waals surface area contributed by atoms with Crippen LogP contribution in [0.15, 0.2) is 35.4 Å². The Labute approximate surface area is 83.4 Å². The Bertz CT molecular complexity index is 448. The third-order valence-electron chi connectivity index (χ3n) is 2.10. The van der Waals surface area contributed by atoms with Gasteiger partial charge in [0.15, 0.2) is 9.84 Å². The first kappa shape index (κ1) is 9.27. The predicted molar refractivity (Wildman–Crippen MR) is 56.2 cm³/mol. The van der Waals surface area contributed by atoms with E-state index in [-0.39, 0.29) is 5.75 Å². The highest BCUT2D eigenvalue weighted by atomic mass is 32.2. The van der Waals surface area contributed by atoms with Crippen molar-refractivity contribution in [2.75, 3.05) is 12.3 Å². The second kappa shape index (κ2) is 3.46. The second-order valence-electron chi connectivity index (χ2n) is 3.16. The van der Waals surface area contributed by atoms with Crippen LogP contribution in [0.4, 0.5) is 0 Å². The molecule has 1 aromatic carbocycles. The molecule has 1 aromatic rings. The largest absolute Gasteiger partial charge is 0.375 e. The van der Waals surface area contributed by atoms with Gasteiger partial charge in [0.05, 0.1) is 5.75 Å². The van der Waals surface area contributed by atoms with Crippen molar-refractivity contribution in [3.05, 3.63) is 40.9 Å². The van der Waals surface area contributed by atoms with Crippen LogP contribution in [0.25, 0.3) is 6.08 Å². The first-order valence-electron chi connectivity index (χ1n) is 4.42. The minimum atomic E-state index is -3.04. The van der Waals surface area contributed by atoms with Gasteiger partial charge >= 0.3 is 0 Å². The zero-order valence-electron chi connectivity index (χ0n) is 7.60. The molecule has 0 saturated carbocycles. The molecule has 1 fully saturated rings. The van der Waals surface area contributed by atoms with Gasteiger partial charge in [0.1, 0.15) is 5.03 Å². The van der Waals surface area contributed by atoms with Crippen molar-refractivity contribution < 1.29 is 8.42 Å². The summed E-state index contributed by atoms with van der Waals surface area (Å²) in [6.45, 7) is 0.515.